The molecule has 2 N–H and O–H groups in total. The van der Waals surface area contributed by atoms with Gasteiger partial charge in [-0.05, 0) is 18.9 Å². The molecule has 0 saturated heterocycles. The molecule has 0 aromatic carbocycles. The largest absolute Gasteiger partial charge is 0.508 e. The molecule has 0 spiro atoms. The Labute approximate surface area is 70.4 Å². The Bertz CT molecular complexity index is 330. The van der Waals surface area contributed by atoms with Crippen LogP contribution >= 0.6 is 0 Å². The molecular weight excluding hydrogens is 155 g/mol. The summed E-state index contributed by atoms with van der Waals surface area (Å²) in [6.45, 7) is 1.68. The highest BCUT2D eigenvalue weighted by Crippen LogP contribution is 1.85. The molecule has 1 heterocycles. The van der Waals surface area contributed by atoms with Crippen LogP contribution in [0.1, 0.15) is 12.6 Å². The van der Waals surface area contributed by atoms with E-state index in [0.29, 0.717) is 5.69 Å². The Morgan fingerprint density at radius 1 is 1.42 bits per heavy atom. The molecule has 1 rings (SSSR count). The minimum atomic E-state index is -1.56. The molecule has 5 heteroatoms. The van der Waals surface area contributed by atoms with Crippen molar-refractivity contribution in [1.29, 1.82) is 0 Å². The van der Waals surface area contributed by atoms with Crippen molar-refractivity contribution in [3.05, 3.63) is 18.1 Å². The van der Waals surface area contributed by atoms with E-state index in [0.717, 1.165) is 0 Å². The lowest BCUT2D eigenvalue weighted by molar-refractivity contribution is 0.424. The number of rotatable bonds is 1. The summed E-state index contributed by atoms with van der Waals surface area (Å²) in [5, 5.41) is 17.5. The van der Waals surface area contributed by atoms with E-state index in [1.807, 2.05) is 0 Å². The predicted molar refractivity (Wildman–Crippen MR) is 44.4 cm³/mol. The molecular formula is C7H7BN2O2. The maximum atomic E-state index is 8.73. The van der Waals surface area contributed by atoms with E-state index in [4.69, 9.17) is 10.0 Å². The second kappa shape index (κ2) is 3.86. The van der Waals surface area contributed by atoms with E-state index in [-0.39, 0.29) is 5.59 Å². The van der Waals surface area contributed by atoms with Gasteiger partial charge in [0.1, 0.15) is 12.0 Å². The molecule has 0 fully saturated rings. The van der Waals surface area contributed by atoms with Gasteiger partial charge in [-0.3, -0.25) is 0 Å². The lowest BCUT2D eigenvalue weighted by Crippen LogP contribution is -2.32. The zero-order valence-electron chi connectivity index (χ0n) is 6.52. The standard InChI is InChI=1S/C7H7BN2O2/c1-2-3-6-4-7(8(11)12)10-5-9-6/h4-5,11-12H,1H3. The summed E-state index contributed by atoms with van der Waals surface area (Å²) in [6, 6.07) is 1.43. The van der Waals surface area contributed by atoms with Crippen LogP contribution in [0.15, 0.2) is 12.4 Å². The second-order valence-corrected chi connectivity index (χ2v) is 2.08. The Balaban J connectivity index is 3.01. The van der Waals surface area contributed by atoms with Crippen LogP contribution < -0.4 is 5.59 Å². The number of aromatic nitrogens is 2. The third-order valence-electron chi connectivity index (χ3n) is 1.21. The van der Waals surface area contributed by atoms with Crippen LogP contribution in [0.2, 0.25) is 0 Å². The molecule has 0 amide bonds. The van der Waals surface area contributed by atoms with Crippen molar-refractivity contribution >= 4 is 12.7 Å². The molecule has 1 aromatic rings. The smallest absolute Gasteiger partial charge is 0.422 e. The van der Waals surface area contributed by atoms with Crippen LogP contribution in [-0.4, -0.2) is 27.1 Å². The van der Waals surface area contributed by atoms with Gasteiger partial charge in [0.15, 0.2) is 0 Å². The Morgan fingerprint density at radius 2 is 2.17 bits per heavy atom. The highest BCUT2D eigenvalue weighted by Gasteiger charge is 2.12. The number of hydrogen-bond acceptors (Lipinski definition) is 4. The molecule has 1 aromatic heterocycles. The van der Waals surface area contributed by atoms with Gasteiger partial charge in [-0.1, -0.05) is 5.92 Å². The second-order valence-electron chi connectivity index (χ2n) is 2.08. The van der Waals surface area contributed by atoms with Gasteiger partial charge in [0.05, 0.1) is 5.59 Å². The van der Waals surface area contributed by atoms with Gasteiger partial charge in [0.25, 0.3) is 0 Å². The van der Waals surface area contributed by atoms with Crippen LogP contribution in [0.5, 0.6) is 0 Å². The lowest BCUT2D eigenvalue weighted by Gasteiger charge is -1.96. The van der Waals surface area contributed by atoms with Gasteiger partial charge >= 0.3 is 7.12 Å². The molecule has 0 aliphatic heterocycles. The minimum absolute atomic E-state index is 0.155. The molecule has 0 aliphatic rings. The number of hydrogen-bond donors (Lipinski definition) is 2. The van der Waals surface area contributed by atoms with Crippen LogP contribution in [0.4, 0.5) is 0 Å². The summed E-state index contributed by atoms with van der Waals surface area (Å²) in [4.78, 5) is 7.45. The van der Waals surface area contributed by atoms with Gasteiger partial charge in [-0.2, -0.15) is 0 Å². The fourth-order valence-electron chi connectivity index (χ4n) is 0.710. The first-order valence-electron chi connectivity index (χ1n) is 3.35. The zero-order valence-corrected chi connectivity index (χ0v) is 6.52. The topological polar surface area (TPSA) is 66.2 Å². The van der Waals surface area contributed by atoms with E-state index in [1.54, 1.807) is 6.92 Å². The molecule has 0 saturated carbocycles. The van der Waals surface area contributed by atoms with Gasteiger partial charge in [0, 0.05) is 0 Å². The van der Waals surface area contributed by atoms with Gasteiger partial charge in [-0.15, -0.1) is 0 Å². The molecule has 0 atom stereocenters. The number of nitrogens with zero attached hydrogens (tertiary/aromatic N) is 2. The molecule has 0 radical (unpaired) electrons. The first-order chi connectivity index (χ1) is 5.74. The summed E-state index contributed by atoms with van der Waals surface area (Å²) >= 11 is 0. The van der Waals surface area contributed by atoms with Crippen molar-refractivity contribution in [1.82, 2.24) is 9.97 Å². The fourth-order valence-corrected chi connectivity index (χ4v) is 0.710. The first kappa shape index (κ1) is 8.72. The van der Waals surface area contributed by atoms with Gasteiger partial charge < -0.3 is 10.0 Å². The SMILES string of the molecule is CC#Cc1cc(B(O)O)ncn1. The van der Waals surface area contributed by atoms with Crippen molar-refractivity contribution < 1.29 is 10.0 Å². The van der Waals surface area contributed by atoms with Crippen LogP contribution in [0, 0.1) is 11.8 Å². The lowest BCUT2D eigenvalue weighted by atomic mass is 9.86. The fraction of sp³-hybridized carbons (Fsp3) is 0.143. The molecule has 12 heavy (non-hydrogen) atoms. The van der Waals surface area contributed by atoms with Gasteiger partial charge in [0.2, 0.25) is 0 Å². The molecule has 4 nitrogen and oxygen atoms in total. The summed E-state index contributed by atoms with van der Waals surface area (Å²) in [5.41, 5.74) is 0.637. The maximum absolute atomic E-state index is 8.73. The Kier molecular flexibility index (Phi) is 2.80. The van der Waals surface area contributed by atoms with Crippen molar-refractivity contribution in [2.45, 2.75) is 6.92 Å². The monoisotopic (exact) mass is 162 g/mol. The molecule has 0 unspecified atom stereocenters. The minimum Gasteiger partial charge on any atom is -0.422 e. The average molecular weight is 162 g/mol. The van der Waals surface area contributed by atoms with E-state index in [1.165, 1.54) is 12.4 Å². The van der Waals surface area contributed by atoms with Gasteiger partial charge in [-0.25, -0.2) is 9.97 Å². The predicted octanol–water partition coefficient (Wildman–Crippen LogP) is -1.47. The van der Waals surface area contributed by atoms with Crippen molar-refractivity contribution in [3.63, 3.8) is 0 Å². The average Bonchev–Trinajstić information content (AvgIpc) is 2.05. The summed E-state index contributed by atoms with van der Waals surface area (Å²) in [6.07, 6.45) is 1.24. The van der Waals surface area contributed by atoms with Crippen molar-refractivity contribution in [3.8, 4) is 11.8 Å². The highest BCUT2D eigenvalue weighted by molar-refractivity contribution is 6.57. The van der Waals surface area contributed by atoms with E-state index in [9.17, 15) is 0 Å². The Hall–Kier alpha value is -1.38. The third-order valence-corrected chi connectivity index (χ3v) is 1.21. The summed E-state index contributed by atoms with van der Waals surface area (Å²) < 4.78 is 0. The van der Waals surface area contributed by atoms with Crippen LogP contribution in [0.25, 0.3) is 0 Å². The molecule has 0 bridgehead atoms. The van der Waals surface area contributed by atoms with Crippen LogP contribution in [0.3, 0.4) is 0 Å². The zero-order chi connectivity index (χ0) is 8.97. The van der Waals surface area contributed by atoms with Crippen molar-refractivity contribution in [2.24, 2.45) is 0 Å². The third kappa shape index (κ3) is 2.05. The molecule has 60 valence electrons. The first-order valence-corrected chi connectivity index (χ1v) is 3.35. The van der Waals surface area contributed by atoms with Crippen LogP contribution in [-0.2, 0) is 0 Å². The maximum Gasteiger partial charge on any atom is 0.508 e. The molecule has 0 aliphatic carbocycles. The van der Waals surface area contributed by atoms with Crippen molar-refractivity contribution in [2.75, 3.05) is 0 Å². The van der Waals surface area contributed by atoms with E-state index < -0.39 is 7.12 Å². The van der Waals surface area contributed by atoms with E-state index >= 15 is 0 Å². The van der Waals surface area contributed by atoms with E-state index in [2.05, 4.69) is 21.8 Å². The quantitative estimate of drug-likeness (QED) is 0.390. The Morgan fingerprint density at radius 3 is 2.75 bits per heavy atom. The highest BCUT2D eigenvalue weighted by atomic mass is 16.4. The summed E-state index contributed by atoms with van der Waals surface area (Å²) in [7, 11) is -1.56. The summed E-state index contributed by atoms with van der Waals surface area (Å²) in [5.74, 6) is 5.33. The normalized spacial score (nSPS) is 8.58.